The summed E-state index contributed by atoms with van der Waals surface area (Å²) in [6.45, 7) is 11.6. The molecule has 0 fully saturated rings. The van der Waals surface area contributed by atoms with Crippen molar-refractivity contribution >= 4 is 11.6 Å². The minimum Gasteiger partial charge on any atom is -0.123 e. The average Bonchev–Trinajstić information content (AvgIpc) is 1.65. The molecule has 0 spiro atoms. The first-order valence-electron chi connectivity index (χ1n) is 3.26. The zero-order chi connectivity index (χ0) is 7.86. The van der Waals surface area contributed by atoms with Crippen LogP contribution in [0.5, 0.6) is 0 Å². The third-order valence-corrected chi connectivity index (χ3v) is 0.871. The van der Waals surface area contributed by atoms with Crippen LogP contribution >= 0.6 is 11.6 Å². The summed E-state index contributed by atoms with van der Waals surface area (Å²) >= 11 is 5.46. The standard InChI is InChI=1S/C4H9Cl.C4H8/c1-3-4(2)5;1-4(2)3/h4H,3H2,1-2H3;1H2,2-3H3. The van der Waals surface area contributed by atoms with Gasteiger partial charge in [0.2, 0.25) is 0 Å². The van der Waals surface area contributed by atoms with Crippen molar-refractivity contribution in [3.05, 3.63) is 12.2 Å². The fourth-order valence-electron chi connectivity index (χ4n) is 0. The first-order valence-corrected chi connectivity index (χ1v) is 3.70. The maximum absolute atomic E-state index is 5.46. The number of allylic oxidation sites excluding steroid dienone is 1. The molecule has 0 aliphatic rings. The van der Waals surface area contributed by atoms with Crippen molar-refractivity contribution in [1.82, 2.24) is 0 Å². The quantitative estimate of drug-likeness (QED) is 0.394. The molecule has 0 aromatic heterocycles. The molecular weight excluding hydrogens is 132 g/mol. The molecule has 0 saturated carbocycles. The minimum atomic E-state index is 0.356. The first kappa shape index (κ1) is 11.8. The highest BCUT2D eigenvalue weighted by Gasteiger charge is 1.83. The van der Waals surface area contributed by atoms with Gasteiger partial charge in [-0.05, 0) is 27.2 Å². The maximum Gasteiger partial charge on any atom is 0.0305 e. The number of halogens is 1. The Hall–Kier alpha value is 0.0300. The lowest BCUT2D eigenvalue weighted by atomic mass is 10.4. The normalized spacial score (nSPS) is 11.2. The van der Waals surface area contributed by atoms with E-state index in [0.29, 0.717) is 5.38 Å². The van der Waals surface area contributed by atoms with Gasteiger partial charge in [0.1, 0.15) is 0 Å². The summed E-state index contributed by atoms with van der Waals surface area (Å²) in [6.07, 6.45) is 1.07. The molecule has 1 heteroatoms. The Morgan fingerprint density at radius 1 is 1.56 bits per heavy atom. The van der Waals surface area contributed by atoms with E-state index in [-0.39, 0.29) is 0 Å². The van der Waals surface area contributed by atoms with Crippen LogP contribution < -0.4 is 0 Å². The van der Waals surface area contributed by atoms with Crippen LogP contribution in [0.1, 0.15) is 34.1 Å². The molecular formula is C8H17Cl. The molecule has 0 aliphatic carbocycles. The molecule has 0 nitrogen and oxygen atoms in total. The van der Waals surface area contributed by atoms with Crippen LogP contribution in [0.15, 0.2) is 12.2 Å². The van der Waals surface area contributed by atoms with E-state index in [2.05, 4.69) is 13.5 Å². The van der Waals surface area contributed by atoms with Gasteiger partial charge < -0.3 is 0 Å². The Morgan fingerprint density at radius 3 is 1.67 bits per heavy atom. The monoisotopic (exact) mass is 148 g/mol. The maximum atomic E-state index is 5.46. The van der Waals surface area contributed by atoms with Crippen LogP contribution in [0.3, 0.4) is 0 Å². The number of hydrogen-bond acceptors (Lipinski definition) is 0. The van der Waals surface area contributed by atoms with E-state index in [0.717, 1.165) is 6.42 Å². The van der Waals surface area contributed by atoms with Crippen LogP contribution in [0, 0.1) is 0 Å². The molecule has 1 unspecified atom stereocenters. The van der Waals surface area contributed by atoms with Gasteiger partial charge in [0.15, 0.2) is 0 Å². The SMILES string of the molecule is C=C(C)C.CCC(C)Cl. The third-order valence-electron chi connectivity index (χ3n) is 0.563. The Morgan fingerprint density at radius 2 is 1.67 bits per heavy atom. The van der Waals surface area contributed by atoms with Crippen molar-refractivity contribution in [1.29, 1.82) is 0 Å². The highest BCUT2D eigenvalue weighted by molar-refractivity contribution is 6.20. The number of rotatable bonds is 1. The van der Waals surface area contributed by atoms with Gasteiger partial charge in [-0.1, -0.05) is 12.5 Å². The predicted molar refractivity (Wildman–Crippen MR) is 46.1 cm³/mol. The number of alkyl halides is 1. The lowest BCUT2D eigenvalue weighted by molar-refractivity contribution is 0.895. The lowest BCUT2D eigenvalue weighted by Gasteiger charge is -1.87. The molecule has 0 aromatic rings. The molecule has 0 heterocycles. The molecule has 1 atom stereocenters. The van der Waals surface area contributed by atoms with Crippen molar-refractivity contribution in [2.45, 2.75) is 39.5 Å². The predicted octanol–water partition coefficient (Wildman–Crippen LogP) is 3.61. The summed E-state index contributed by atoms with van der Waals surface area (Å²) in [5, 5.41) is 0.356. The molecule has 0 aliphatic heterocycles. The van der Waals surface area contributed by atoms with Gasteiger partial charge in [0, 0.05) is 5.38 Å². The molecule has 0 bridgehead atoms. The summed E-state index contributed by atoms with van der Waals surface area (Å²) in [7, 11) is 0. The van der Waals surface area contributed by atoms with E-state index in [9.17, 15) is 0 Å². The van der Waals surface area contributed by atoms with Crippen molar-refractivity contribution in [2.24, 2.45) is 0 Å². The smallest absolute Gasteiger partial charge is 0.0305 e. The van der Waals surface area contributed by atoms with E-state index in [1.807, 2.05) is 20.8 Å². The van der Waals surface area contributed by atoms with E-state index >= 15 is 0 Å². The molecule has 0 aromatic carbocycles. The second kappa shape index (κ2) is 8.03. The highest BCUT2D eigenvalue weighted by atomic mass is 35.5. The van der Waals surface area contributed by atoms with E-state index in [1.165, 1.54) is 5.57 Å². The van der Waals surface area contributed by atoms with Crippen LogP contribution in [-0.2, 0) is 0 Å². The minimum absolute atomic E-state index is 0.356. The Labute approximate surface area is 63.9 Å². The van der Waals surface area contributed by atoms with Crippen LogP contribution in [-0.4, -0.2) is 5.38 Å². The van der Waals surface area contributed by atoms with Gasteiger partial charge in [0.25, 0.3) is 0 Å². The summed E-state index contributed by atoms with van der Waals surface area (Å²) in [5.74, 6) is 0. The fourth-order valence-corrected chi connectivity index (χ4v) is 0. The van der Waals surface area contributed by atoms with Crippen molar-refractivity contribution in [3.8, 4) is 0 Å². The number of hydrogen-bond donors (Lipinski definition) is 0. The fraction of sp³-hybridized carbons (Fsp3) is 0.750. The molecule has 0 saturated heterocycles. The van der Waals surface area contributed by atoms with E-state index in [1.54, 1.807) is 0 Å². The Bertz CT molecular complexity index is 61.0. The first-order chi connectivity index (χ1) is 4.00. The van der Waals surface area contributed by atoms with Crippen molar-refractivity contribution in [2.75, 3.05) is 0 Å². The molecule has 0 amide bonds. The summed E-state index contributed by atoms with van der Waals surface area (Å²) in [4.78, 5) is 0. The molecule has 56 valence electrons. The van der Waals surface area contributed by atoms with Crippen LogP contribution in [0.2, 0.25) is 0 Å². The highest BCUT2D eigenvalue weighted by Crippen LogP contribution is 1.95. The zero-order valence-corrected chi connectivity index (χ0v) is 7.63. The van der Waals surface area contributed by atoms with E-state index < -0.39 is 0 Å². The Kier molecular flexibility index (Phi) is 10.5. The van der Waals surface area contributed by atoms with Gasteiger partial charge >= 0.3 is 0 Å². The van der Waals surface area contributed by atoms with Gasteiger partial charge in [-0.15, -0.1) is 18.2 Å². The van der Waals surface area contributed by atoms with E-state index in [4.69, 9.17) is 11.6 Å². The van der Waals surface area contributed by atoms with Gasteiger partial charge in [-0.25, -0.2) is 0 Å². The Balaban J connectivity index is 0. The third kappa shape index (κ3) is 70.9. The second-order valence-corrected chi connectivity index (χ2v) is 3.14. The second-order valence-electron chi connectivity index (χ2n) is 2.40. The molecule has 0 rings (SSSR count). The zero-order valence-electron chi connectivity index (χ0n) is 6.87. The van der Waals surface area contributed by atoms with Gasteiger partial charge in [0.05, 0.1) is 0 Å². The average molecular weight is 149 g/mol. The summed E-state index contributed by atoms with van der Waals surface area (Å²) in [5.41, 5.74) is 1.17. The lowest BCUT2D eigenvalue weighted by Crippen LogP contribution is -1.81. The molecule has 0 radical (unpaired) electrons. The summed E-state index contributed by atoms with van der Waals surface area (Å²) in [6, 6.07) is 0. The molecule has 0 N–H and O–H groups in total. The van der Waals surface area contributed by atoms with Crippen molar-refractivity contribution < 1.29 is 0 Å². The largest absolute Gasteiger partial charge is 0.123 e. The topological polar surface area (TPSA) is 0 Å². The van der Waals surface area contributed by atoms with Gasteiger partial charge in [-0.3, -0.25) is 0 Å². The summed E-state index contributed by atoms with van der Waals surface area (Å²) < 4.78 is 0. The van der Waals surface area contributed by atoms with Crippen molar-refractivity contribution in [3.63, 3.8) is 0 Å². The van der Waals surface area contributed by atoms with Crippen LogP contribution in [0.25, 0.3) is 0 Å². The molecule has 9 heavy (non-hydrogen) atoms. The van der Waals surface area contributed by atoms with Crippen LogP contribution in [0.4, 0.5) is 0 Å². The van der Waals surface area contributed by atoms with Gasteiger partial charge in [-0.2, -0.15) is 0 Å².